The minimum Gasteiger partial charge on any atom is -0.481 e. The molecule has 0 fully saturated rings. The molecule has 3 rings (SSSR count). The van der Waals surface area contributed by atoms with E-state index in [2.05, 4.69) is 27.3 Å². The molecule has 0 spiro atoms. The fraction of sp³-hybridized carbons (Fsp3) is 0.333. The lowest BCUT2D eigenvalue weighted by atomic mass is 9.96. The molecule has 0 saturated heterocycles. The molecule has 6 heteroatoms. The zero-order chi connectivity index (χ0) is 17.1. The molecule has 1 heterocycles. The van der Waals surface area contributed by atoms with Crippen molar-refractivity contribution >= 4 is 38.2 Å². The number of hydrogen-bond acceptors (Lipinski definition) is 4. The summed E-state index contributed by atoms with van der Waals surface area (Å²) in [6, 6.07) is 9.62. The Morgan fingerprint density at radius 3 is 2.96 bits per heavy atom. The first-order chi connectivity index (χ1) is 11.6. The van der Waals surface area contributed by atoms with Gasteiger partial charge >= 0.3 is 0 Å². The predicted octanol–water partition coefficient (Wildman–Crippen LogP) is 4.67. The van der Waals surface area contributed by atoms with Crippen LogP contribution in [0.25, 0.3) is 0 Å². The quantitative estimate of drug-likeness (QED) is 0.805. The molecule has 0 bridgehead atoms. The molecule has 0 unspecified atom stereocenters. The first-order valence-electron chi connectivity index (χ1n) is 7.86. The number of amides is 1. The molecular formula is C18H17BrN2O2S. The second-order valence-corrected chi connectivity index (χ2v) is 7.75. The van der Waals surface area contributed by atoms with Crippen LogP contribution in [-0.4, -0.2) is 12.0 Å². The number of thiophene rings is 1. The number of anilines is 1. The van der Waals surface area contributed by atoms with Crippen LogP contribution in [0, 0.1) is 11.3 Å². The predicted molar refractivity (Wildman–Crippen MR) is 98.5 cm³/mol. The first kappa shape index (κ1) is 17.0. The largest absolute Gasteiger partial charge is 0.481 e. The van der Waals surface area contributed by atoms with Gasteiger partial charge in [0, 0.05) is 9.35 Å². The Hall–Kier alpha value is -1.84. The molecule has 1 aliphatic rings. The molecule has 4 nitrogen and oxygen atoms in total. The minimum absolute atomic E-state index is 0.245. The lowest BCUT2D eigenvalue weighted by Gasteiger charge is -2.14. The summed E-state index contributed by atoms with van der Waals surface area (Å²) in [7, 11) is 0. The number of carbonyl (C=O) groups is 1. The van der Waals surface area contributed by atoms with Gasteiger partial charge in [-0.1, -0.05) is 22.0 Å². The molecule has 0 aliphatic heterocycles. The van der Waals surface area contributed by atoms with Crippen molar-refractivity contribution in [1.29, 1.82) is 5.26 Å². The van der Waals surface area contributed by atoms with E-state index >= 15 is 0 Å². The third kappa shape index (κ3) is 3.63. The molecule has 124 valence electrons. The lowest BCUT2D eigenvalue weighted by Crippen LogP contribution is -2.30. The molecule has 24 heavy (non-hydrogen) atoms. The van der Waals surface area contributed by atoms with Gasteiger partial charge in [-0.05, 0) is 56.4 Å². The van der Waals surface area contributed by atoms with Crippen molar-refractivity contribution in [3.05, 3.63) is 44.7 Å². The molecule has 1 aromatic heterocycles. The number of nitrogens with one attached hydrogen (secondary N) is 1. The summed E-state index contributed by atoms with van der Waals surface area (Å²) >= 11 is 4.90. The van der Waals surface area contributed by atoms with Gasteiger partial charge < -0.3 is 10.1 Å². The van der Waals surface area contributed by atoms with E-state index in [0.717, 1.165) is 35.7 Å². The third-order valence-corrected chi connectivity index (χ3v) is 5.70. The maximum absolute atomic E-state index is 12.4. The summed E-state index contributed by atoms with van der Waals surface area (Å²) in [5.74, 6) is 0.378. The van der Waals surface area contributed by atoms with E-state index in [1.807, 2.05) is 18.2 Å². The van der Waals surface area contributed by atoms with Crippen LogP contribution in [0.5, 0.6) is 5.75 Å². The monoisotopic (exact) mass is 404 g/mol. The molecule has 0 radical (unpaired) electrons. The number of hydrogen-bond donors (Lipinski definition) is 1. The van der Waals surface area contributed by atoms with Gasteiger partial charge in [0.25, 0.3) is 5.91 Å². The molecule has 1 aliphatic carbocycles. The maximum atomic E-state index is 12.4. The van der Waals surface area contributed by atoms with Crippen molar-refractivity contribution in [2.75, 3.05) is 5.32 Å². The van der Waals surface area contributed by atoms with Gasteiger partial charge in [-0.3, -0.25) is 4.79 Å². The molecule has 1 N–H and O–H groups in total. The van der Waals surface area contributed by atoms with Crippen molar-refractivity contribution in [3.63, 3.8) is 0 Å². The maximum Gasteiger partial charge on any atom is 0.265 e. The van der Waals surface area contributed by atoms with Crippen molar-refractivity contribution in [1.82, 2.24) is 0 Å². The van der Waals surface area contributed by atoms with Gasteiger partial charge in [0.2, 0.25) is 0 Å². The Kier molecular flexibility index (Phi) is 5.22. The Morgan fingerprint density at radius 2 is 2.21 bits per heavy atom. The van der Waals surface area contributed by atoms with Crippen LogP contribution in [0.2, 0.25) is 0 Å². The van der Waals surface area contributed by atoms with E-state index in [0.29, 0.717) is 16.3 Å². The van der Waals surface area contributed by atoms with Crippen LogP contribution in [0.4, 0.5) is 5.00 Å². The Labute approximate surface area is 153 Å². The van der Waals surface area contributed by atoms with E-state index < -0.39 is 6.10 Å². The number of aryl methyl sites for hydroxylation is 1. The fourth-order valence-electron chi connectivity index (χ4n) is 2.78. The van der Waals surface area contributed by atoms with Crippen LogP contribution in [-0.2, 0) is 17.6 Å². The van der Waals surface area contributed by atoms with E-state index in [-0.39, 0.29) is 5.91 Å². The second kappa shape index (κ2) is 7.37. The average Bonchev–Trinajstić information content (AvgIpc) is 2.91. The summed E-state index contributed by atoms with van der Waals surface area (Å²) < 4.78 is 6.58. The summed E-state index contributed by atoms with van der Waals surface area (Å²) in [6.07, 6.45) is 3.52. The number of rotatable bonds is 4. The van der Waals surface area contributed by atoms with E-state index in [1.54, 1.807) is 13.0 Å². The Morgan fingerprint density at radius 1 is 1.42 bits per heavy atom. The van der Waals surface area contributed by atoms with Crippen LogP contribution in [0.3, 0.4) is 0 Å². The van der Waals surface area contributed by atoms with Crippen LogP contribution in [0.15, 0.2) is 28.7 Å². The molecule has 1 atom stereocenters. The SMILES string of the molecule is C[C@H](Oc1cccc(Br)c1)C(=O)Nc1sc2c(c1C#N)CCCC2. The number of carbonyl (C=O) groups excluding carboxylic acids is 1. The summed E-state index contributed by atoms with van der Waals surface area (Å²) in [4.78, 5) is 13.7. The highest BCUT2D eigenvalue weighted by Crippen LogP contribution is 2.37. The van der Waals surface area contributed by atoms with Crippen molar-refractivity contribution in [3.8, 4) is 11.8 Å². The average molecular weight is 405 g/mol. The molecule has 1 aromatic carbocycles. The number of halogens is 1. The number of benzene rings is 1. The minimum atomic E-state index is -0.648. The van der Waals surface area contributed by atoms with Crippen LogP contribution < -0.4 is 10.1 Å². The van der Waals surface area contributed by atoms with Gasteiger partial charge in [-0.15, -0.1) is 11.3 Å². The smallest absolute Gasteiger partial charge is 0.265 e. The second-order valence-electron chi connectivity index (χ2n) is 5.73. The van der Waals surface area contributed by atoms with Crippen LogP contribution >= 0.6 is 27.3 Å². The molecular weight excluding hydrogens is 388 g/mol. The standard InChI is InChI=1S/C18H17BrN2O2S/c1-11(23-13-6-4-5-12(19)9-13)17(22)21-18-15(10-20)14-7-2-3-8-16(14)24-18/h4-6,9,11H,2-3,7-8H2,1H3,(H,21,22)/t11-/m0/s1. The number of ether oxygens (including phenoxy) is 1. The van der Waals surface area contributed by atoms with Crippen molar-refractivity contribution in [2.45, 2.75) is 38.7 Å². The van der Waals surface area contributed by atoms with Crippen LogP contribution in [0.1, 0.15) is 35.8 Å². The summed E-state index contributed by atoms with van der Waals surface area (Å²) in [5.41, 5.74) is 1.74. The number of fused-ring (bicyclic) bond motifs is 1. The van der Waals surface area contributed by atoms with E-state index in [4.69, 9.17) is 4.74 Å². The topological polar surface area (TPSA) is 62.1 Å². The van der Waals surface area contributed by atoms with Crippen molar-refractivity contribution in [2.24, 2.45) is 0 Å². The third-order valence-electron chi connectivity index (χ3n) is 4.00. The van der Waals surface area contributed by atoms with E-state index in [1.165, 1.54) is 16.2 Å². The van der Waals surface area contributed by atoms with Gasteiger partial charge in [0.1, 0.15) is 16.8 Å². The number of nitrogens with zero attached hydrogens (tertiary/aromatic N) is 1. The van der Waals surface area contributed by atoms with Gasteiger partial charge in [-0.25, -0.2) is 0 Å². The zero-order valence-corrected chi connectivity index (χ0v) is 15.7. The Balaban J connectivity index is 1.73. The first-order valence-corrected chi connectivity index (χ1v) is 9.47. The highest BCUT2D eigenvalue weighted by molar-refractivity contribution is 9.10. The highest BCUT2D eigenvalue weighted by Gasteiger charge is 2.23. The highest BCUT2D eigenvalue weighted by atomic mass is 79.9. The molecule has 0 saturated carbocycles. The van der Waals surface area contributed by atoms with Crippen molar-refractivity contribution < 1.29 is 9.53 Å². The zero-order valence-electron chi connectivity index (χ0n) is 13.3. The fourth-order valence-corrected chi connectivity index (χ4v) is 4.40. The van der Waals surface area contributed by atoms with Gasteiger partial charge in [-0.2, -0.15) is 5.26 Å². The number of nitriles is 1. The summed E-state index contributed by atoms with van der Waals surface area (Å²) in [5, 5.41) is 13.0. The van der Waals surface area contributed by atoms with E-state index in [9.17, 15) is 10.1 Å². The summed E-state index contributed by atoms with van der Waals surface area (Å²) in [6.45, 7) is 1.70. The molecule has 2 aromatic rings. The normalized spacial score (nSPS) is 14.4. The molecule has 1 amide bonds. The van der Waals surface area contributed by atoms with Gasteiger partial charge in [0.05, 0.1) is 5.56 Å². The Bertz CT molecular complexity index is 810. The lowest BCUT2D eigenvalue weighted by molar-refractivity contribution is -0.122. The van der Waals surface area contributed by atoms with Gasteiger partial charge in [0.15, 0.2) is 6.10 Å².